The van der Waals surface area contributed by atoms with Gasteiger partial charge in [-0.15, -0.1) is 0 Å². The van der Waals surface area contributed by atoms with Crippen LogP contribution in [0.15, 0.2) is 30.9 Å². The molecule has 0 amide bonds. The lowest BCUT2D eigenvalue weighted by molar-refractivity contribution is 0.397. The maximum absolute atomic E-state index is 5.22. The van der Waals surface area contributed by atoms with Crippen LogP contribution in [0.4, 0.5) is 0 Å². The average molecular weight is 258 g/mol. The number of aromatic nitrogens is 3. The Morgan fingerprint density at radius 1 is 1.21 bits per heavy atom. The van der Waals surface area contributed by atoms with Crippen molar-refractivity contribution in [1.82, 2.24) is 20.3 Å². The van der Waals surface area contributed by atoms with Crippen molar-refractivity contribution in [2.24, 2.45) is 0 Å². The second kappa shape index (κ2) is 6.24. The van der Waals surface area contributed by atoms with Gasteiger partial charge in [0.1, 0.15) is 5.69 Å². The first-order valence-electron chi connectivity index (χ1n) is 6.23. The van der Waals surface area contributed by atoms with Crippen LogP contribution in [0.3, 0.4) is 0 Å². The van der Waals surface area contributed by atoms with Crippen molar-refractivity contribution in [3.8, 4) is 17.1 Å². The van der Waals surface area contributed by atoms with Gasteiger partial charge in [0.25, 0.3) is 0 Å². The molecule has 0 aliphatic rings. The van der Waals surface area contributed by atoms with Gasteiger partial charge in [0, 0.05) is 42.9 Å². The second-order valence-corrected chi connectivity index (χ2v) is 4.53. The summed E-state index contributed by atoms with van der Waals surface area (Å²) in [6.07, 6.45) is 6.88. The molecule has 0 bridgehead atoms. The van der Waals surface area contributed by atoms with Crippen LogP contribution in [0.1, 0.15) is 19.4 Å². The molecular formula is C14H18N4O. The second-order valence-electron chi connectivity index (χ2n) is 4.53. The van der Waals surface area contributed by atoms with Gasteiger partial charge in [-0.1, -0.05) is 13.8 Å². The standard InChI is InChI=1S/C14H18N4O/c1-10(2)18-8-11-6-12(9-15-7-11)13-14(19-3)17-5-4-16-13/h4-7,9-10,18H,8H2,1-3H3. The molecule has 1 N–H and O–H groups in total. The molecule has 0 atom stereocenters. The maximum Gasteiger partial charge on any atom is 0.240 e. The number of ether oxygens (including phenoxy) is 1. The number of rotatable bonds is 5. The lowest BCUT2D eigenvalue weighted by atomic mass is 10.1. The molecule has 0 spiro atoms. The van der Waals surface area contributed by atoms with Crippen molar-refractivity contribution in [3.05, 3.63) is 36.4 Å². The molecule has 5 nitrogen and oxygen atoms in total. The Labute approximate surface area is 113 Å². The van der Waals surface area contributed by atoms with E-state index in [2.05, 4.69) is 40.2 Å². The Bertz CT molecular complexity index is 542. The molecule has 0 aromatic carbocycles. The zero-order valence-corrected chi connectivity index (χ0v) is 11.4. The van der Waals surface area contributed by atoms with Gasteiger partial charge in [0.05, 0.1) is 7.11 Å². The Morgan fingerprint density at radius 3 is 2.74 bits per heavy atom. The summed E-state index contributed by atoms with van der Waals surface area (Å²) in [5.74, 6) is 0.512. The van der Waals surface area contributed by atoms with Crippen LogP contribution in [0.25, 0.3) is 11.3 Å². The van der Waals surface area contributed by atoms with Gasteiger partial charge in [0.2, 0.25) is 5.88 Å². The fourth-order valence-corrected chi connectivity index (χ4v) is 1.71. The largest absolute Gasteiger partial charge is 0.479 e. The van der Waals surface area contributed by atoms with Crippen LogP contribution in [0.5, 0.6) is 5.88 Å². The van der Waals surface area contributed by atoms with Gasteiger partial charge < -0.3 is 10.1 Å². The Morgan fingerprint density at radius 2 is 2.00 bits per heavy atom. The average Bonchev–Trinajstić information content (AvgIpc) is 2.45. The number of hydrogen-bond acceptors (Lipinski definition) is 5. The third kappa shape index (κ3) is 3.48. The van der Waals surface area contributed by atoms with E-state index in [1.54, 1.807) is 25.7 Å². The summed E-state index contributed by atoms with van der Waals surface area (Å²) in [6.45, 7) is 5.01. The van der Waals surface area contributed by atoms with Gasteiger partial charge in [-0.2, -0.15) is 0 Å². The van der Waals surface area contributed by atoms with Gasteiger partial charge in [-0.3, -0.25) is 4.98 Å². The Balaban J connectivity index is 2.27. The molecule has 0 aliphatic heterocycles. The molecule has 2 aromatic rings. The van der Waals surface area contributed by atoms with E-state index in [0.717, 1.165) is 17.7 Å². The highest BCUT2D eigenvalue weighted by atomic mass is 16.5. The van der Waals surface area contributed by atoms with Crippen molar-refractivity contribution >= 4 is 0 Å². The summed E-state index contributed by atoms with van der Waals surface area (Å²) in [7, 11) is 1.59. The number of pyridine rings is 1. The molecule has 0 unspecified atom stereocenters. The zero-order valence-electron chi connectivity index (χ0n) is 11.4. The topological polar surface area (TPSA) is 59.9 Å². The van der Waals surface area contributed by atoms with E-state index in [0.29, 0.717) is 17.6 Å². The Kier molecular flexibility index (Phi) is 4.41. The lowest BCUT2D eigenvalue weighted by Gasteiger charge is -2.09. The van der Waals surface area contributed by atoms with Gasteiger partial charge >= 0.3 is 0 Å². The van der Waals surface area contributed by atoms with E-state index in [4.69, 9.17) is 4.74 Å². The van der Waals surface area contributed by atoms with E-state index in [9.17, 15) is 0 Å². The highest BCUT2D eigenvalue weighted by Gasteiger charge is 2.09. The minimum Gasteiger partial charge on any atom is -0.479 e. The molecular weight excluding hydrogens is 240 g/mol. The van der Waals surface area contributed by atoms with E-state index < -0.39 is 0 Å². The normalized spacial score (nSPS) is 10.7. The predicted octanol–water partition coefficient (Wildman–Crippen LogP) is 2.05. The third-order valence-electron chi connectivity index (χ3n) is 2.64. The van der Waals surface area contributed by atoms with Gasteiger partial charge in [-0.25, -0.2) is 9.97 Å². The number of nitrogens with one attached hydrogen (secondary N) is 1. The summed E-state index contributed by atoms with van der Waals surface area (Å²) < 4.78 is 5.22. The minimum atomic E-state index is 0.440. The summed E-state index contributed by atoms with van der Waals surface area (Å²) in [5.41, 5.74) is 2.73. The van der Waals surface area contributed by atoms with Crippen molar-refractivity contribution in [2.75, 3.05) is 7.11 Å². The predicted molar refractivity (Wildman–Crippen MR) is 73.8 cm³/mol. The highest BCUT2D eigenvalue weighted by Crippen LogP contribution is 2.24. The van der Waals surface area contributed by atoms with Gasteiger partial charge in [0.15, 0.2) is 0 Å². The van der Waals surface area contributed by atoms with Crippen LogP contribution >= 0.6 is 0 Å². The summed E-state index contributed by atoms with van der Waals surface area (Å²) >= 11 is 0. The fraction of sp³-hybridized carbons (Fsp3) is 0.357. The zero-order chi connectivity index (χ0) is 13.7. The van der Waals surface area contributed by atoms with Crippen molar-refractivity contribution in [1.29, 1.82) is 0 Å². The van der Waals surface area contributed by atoms with Crippen LogP contribution in [-0.2, 0) is 6.54 Å². The fourth-order valence-electron chi connectivity index (χ4n) is 1.71. The Hall–Kier alpha value is -2.01. The van der Waals surface area contributed by atoms with Gasteiger partial charge in [-0.05, 0) is 11.6 Å². The highest BCUT2D eigenvalue weighted by molar-refractivity contribution is 5.63. The van der Waals surface area contributed by atoms with E-state index in [-0.39, 0.29) is 0 Å². The smallest absolute Gasteiger partial charge is 0.240 e. The molecule has 0 saturated heterocycles. The molecule has 2 aromatic heterocycles. The number of hydrogen-bond donors (Lipinski definition) is 1. The maximum atomic E-state index is 5.22. The monoisotopic (exact) mass is 258 g/mol. The number of nitrogens with zero attached hydrogens (tertiary/aromatic N) is 3. The number of methoxy groups -OCH3 is 1. The van der Waals surface area contributed by atoms with Crippen molar-refractivity contribution < 1.29 is 4.74 Å². The molecule has 2 heterocycles. The van der Waals surface area contributed by atoms with E-state index >= 15 is 0 Å². The molecule has 0 radical (unpaired) electrons. The molecule has 0 aliphatic carbocycles. The van der Waals surface area contributed by atoms with Crippen LogP contribution in [0, 0.1) is 0 Å². The molecule has 5 heteroatoms. The minimum absolute atomic E-state index is 0.440. The molecule has 2 rings (SSSR count). The molecule has 100 valence electrons. The summed E-state index contributed by atoms with van der Waals surface area (Å²) in [6, 6.07) is 2.49. The van der Waals surface area contributed by atoms with Crippen LogP contribution in [-0.4, -0.2) is 28.1 Å². The first kappa shape index (κ1) is 13.4. The van der Waals surface area contributed by atoms with Crippen molar-refractivity contribution in [2.45, 2.75) is 26.4 Å². The van der Waals surface area contributed by atoms with E-state index in [1.807, 2.05) is 6.20 Å². The lowest BCUT2D eigenvalue weighted by Crippen LogP contribution is -2.21. The first-order valence-corrected chi connectivity index (χ1v) is 6.23. The SMILES string of the molecule is COc1nccnc1-c1cncc(CNC(C)C)c1. The van der Waals surface area contributed by atoms with Crippen LogP contribution in [0.2, 0.25) is 0 Å². The molecule has 0 saturated carbocycles. The summed E-state index contributed by atoms with van der Waals surface area (Å²) in [5, 5.41) is 3.36. The molecule has 0 fully saturated rings. The first-order chi connectivity index (χ1) is 9.20. The van der Waals surface area contributed by atoms with Crippen LogP contribution < -0.4 is 10.1 Å². The molecule has 19 heavy (non-hydrogen) atoms. The quantitative estimate of drug-likeness (QED) is 0.889. The van der Waals surface area contributed by atoms with E-state index in [1.165, 1.54) is 0 Å². The summed E-state index contributed by atoms with van der Waals surface area (Å²) in [4.78, 5) is 12.7. The third-order valence-corrected chi connectivity index (χ3v) is 2.64. The van der Waals surface area contributed by atoms with Crippen molar-refractivity contribution in [3.63, 3.8) is 0 Å².